The Morgan fingerprint density at radius 2 is 1.76 bits per heavy atom. The van der Waals surface area contributed by atoms with Crippen LogP contribution in [0.15, 0.2) is 36.3 Å². The summed E-state index contributed by atoms with van der Waals surface area (Å²) in [6.45, 7) is 0. The van der Waals surface area contributed by atoms with Crippen molar-refractivity contribution < 1.29 is 0 Å². The van der Waals surface area contributed by atoms with Crippen LogP contribution >= 0.6 is 82.3 Å². The number of alkyl halides is 1. The van der Waals surface area contributed by atoms with Crippen molar-refractivity contribution in [2.24, 2.45) is 0 Å². The third-order valence-corrected chi connectivity index (χ3v) is 5.88. The van der Waals surface area contributed by atoms with Gasteiger partial charge in [-0.15, -0.1) is 22.9 Å². The van der Waals surface area contributed by atoms with E-state index in [1.165, 1.54) is 0 Å². The predicted molar refractivity (Wildman–Crippen MR) is 86.6 cm³/mol. The fourth-order valence-electron chi connectivity index (χ4n) is 1.40. The van der Waals surface area contributed by atoms with Crippen LogP contribution in [0.5, 0.6) is 0 Å². The summed E-state index contributed by atoms with van der Waals surface area (Å²) in [5, 5.41) is 0.402. The molecule has 0 saturated heterocycles. The average Bonchev–Trinajstić information content (AvgIpc) is 2.60. The zero-order valence-electron chi connectivity index (χ0n) is 8.18. The van der Waals surface area contributed by atoms with E-state index in [1.54, 1.807) is 11.3 Å². The predicted octanol–water partition coefficient (Wildman–Crippen LogP) is 7.02. The molecule has 0 nitrogen and oxygen atoms in total. The standard InChI is InChI=1S/C11H5Br3Cl2S/c12-5-1-2-8(15)6(3-5)10(16)7-4-9(13)17-11(7)14/h1-4,10H. The van der Waals surface area contributed by atoms with Gasteiger partial charge in [-0.25, -0.2) is 0 Å². The normalized spacial score (nSPS) is 12.8. The highest BCUT2D eigenvalue weighted by atomic mass is 79.9. The first-order chi connectivity index (χ1) is 7.99. The molecule has 0 aliphatic carbocycles. The van der Waals surface area contributed by atoms with Crippen molar-refractivity contribution in [3.63, 3.8) is 0 Å². The Labute approximate surface area is 139 Å². The van der Waals surface area contributed by atoms with Gasteiger partial charge in [0.2, 0.25) is 0 Å². The Bertz CT molecular complexity index is 554. The van der Waals surface area contributed by atoms with E-state index in [0.29, 0.717) is 5.02 Å². The number of hydrogen-bond donors (Lipinski definition) is 0. The van der Waals surface area contributed by atoms with E-state index in [4.69, 9.17) is 23.2 Å². The molecular weight excluding hydrogens is 475 g/mol. The van der Waals surface area contributed by atoms with Crippen LogP contribution < -0.4 is 0 Å². The first kappa shape index (κ1) is 14.4. The van der Waals surface area contributed by atoms with Crippen molar-refractivity contribution in [3.05, 3.63) is 52.5 Å². The summed E-state index contributed by atoms with van der Waals surface area (Å²) in [5.74, 6) is 0. The average molecular weight is 480 g/mol. The van der Waals surface area contributed by atoms with Crippen molar-refractivity contribution in [1.29, 1.82) is 0 Å². The van der Waals surface area contributed by atoms with Crippen LogP contribution in [0.2, 0.25) is 5.02 Å². The molecule has 1 unspecified atom stereocenters. The second kappa shape index (κ2) is 5.93. The Balaban J connectivity index is 2.46. The Hall–Kier alpha value is 0.940. The van der Waals surface area contributed by atoms with Crippen LogP contribution in [-0.4, -0.2) is 0 Å². The van der Waals surface area contributed by atoms with E-state index in [1.807, 2.05) is 24.3 Å². The molecule has 0 N–H and O–H groups in total. The molecule has 0 spiro atoms. The lowest BCUT2D eigenvalue weighted by Crippen LogP contribution is -1.93. The molecule has 0 radical (unpaired) electrons. The van der Waals surface area contributed by atoms with E-state index in [2.05, 4.69) is 47.8 Å². The highest BCUT2D eigenvalue weighted by molar-refractivity contribution is 9.12. The monoisotopic (exact) mass is 476 g/mol. The van der Waals surface area contributed by atoms with E-state index in [9.17, 15) is 0 Å². The van der Waals surface area contributed by atoms with Gasteiger partial charge in [0.25, 0.3) is 0 Å². The molecule has 17 heavy (non-hydrogen) atoms. The molecule has 1 atom stereocenters. The molecule has 1 heterocycles. The van der Waals surface area contributed by atoms with Crippen molar-refractivity contribution in [2.45, 2.75) is 5.38 Å². The summed E-state index contributed by atoms with van der Waals surface area (Å²) in [4.78, 5) is 0. The minimum Gasteiger partial charge on any atom is -0.121 e. The van der Waals surface area contributed by atoms with Crippen LogP contribution in [-0.2, 0) is 0 Å². The van der Waals surface area contributed by atoms with E-state index in [0.717, 1.165) is 23.2 Å². The summed E-state index contributed by atoms with van der Waals surface area (Å²) < 4.78 is 3.02. The van der Waals surface area contributed by atoms with Crippen LogP contribution in [0.25, 0.3) is 0 Å². The molecule has 1 aromatic heterocycles. The third kappa shape index (κ3) is 3.28. The summed E-state index contributed by atoms with van der Waals surface area (Å²) in [6.07, 6.45) is 0. The van der Waals surface area contributed by atoms with Crippen LogP contribution in [0, 0.1) is 0 Å². The second-order valence-electron chi connectivity index (χ2n) is 3.31. The van der Waals surface area contributed by atoms with Gasteiger partial charge in [0.15, 0.2) is 0 Å². The number of benzene rings is 1. The number of rotatable bonds is 2. The molecule has 0 fully saturated rings. The minimum atomic E-state index is -0.267. The lowest BCUT2D eigenvalue weighted by atomic mass is 10.1. The maximum Gasteiger partial charge on any atom is 0.0869 e. The first-order valence-electron chi connectivity index (χ1n) is 4.53. The van der Waals surface area contributed by atoms with Gasteiger partial charge in [0.1, 0.15) is 0 Å². The van der Waals surface area contributed by atoms with Gasteiger partial charge >= 0.3 is 0 Å². The van der Waals surface area contributed by atoms with Crippen LogP contribution in [0.4, 0.5) is 0 Å². The maximum atomic E-state index is 6.48. The van der Waals surface area contributed by atoms with E-state index in [-0.39, 0.29) is 5.38 Å². The summed E-state index contributed by atoms with van der Waals surface area (Å²) in [7, 11) is 0. The topological polar surface area (TPSA) is 0 Å². The second-order valence-corrected chi connectivity index (χ2v) is 8.82. The zero-order chi connectivity index (χ0) is 12.6. The molecule has 0 amide bonds. The van der Waals surface area contributed by atoms with Crippen molar-refractivity contribution >= 4 is 82.3 Å². The molecule has 2 rings (SSSR count). The van der Waals surface area contributed by atoms with Crippen molar-refractivity contribution in [1.82, 2.24) is 0 Å². The fourth-order valence-corrected chi connectivity index (χ4v) is 5.51. The third-order valence-electron chi connectivity index (χ3n) is 2.19. The smallest absolute Gasteiger partial charge is 0.0869 e. The number of thiophene rings is 1. The maximum absolute atomic E-state index is 6.48. The molecule has 0 aliphatic rings. The van der Waals surface area contributed by atoms with Crippen LogP contribution in [0.1, 0.15) is 16.5 Å². The minimum absolute atomic E-state index is 0.267. The van der Waals surface area contributed by atoms with Crippen molar-refractivity contribution in [2.75, 3.05) is 0 Å². The molecule has 2 aromatic rings. The van der Waals surface area contributed by atoms with Gasteiger partial charge in [0, 0.05) is 15.1 Å². The lowest BCUT2D eigenvalue weighted by Gasteiger charge is -2.11. The quantitative estimate of drug-likeness (QED) is 0.406. The van der Waals surface area contributed by atoms with Gasteiger partial charge in [-0.1, -0.05) is 27.5 Å². The Morgan fingerprint density at radius 1 is 1.06 bits per heavy atom. The number of hydrogen-bond acceptors (Lipinski definition) is 1. The van der Waals surface area contributed by atoms with Gasteiger partial charge in [-0.3, -0.25) is 0 Å². The summed E-state index contributed by atoms with van der Waals surface area (Å²) in [6, 6.07) is 7.68. The molecule has 6 heteroatoms. The molecule has 1 aromatic carbocycles. The highest BCUT2D eigenvalue weighted by Gasteiger charge is 2.19. The molecule has 0 aliphatic heterocycles. The Kier molecular flexibility index (Phi) is 5.01. The zero-order valence-corrected chi connectivity index (χ0v) is 15.3. The van der Waals surface area contributed by atoms with Gasteiger partial charge in [-0.05, 0) is 61.7 Å². The van der Waals surface area contributed by atoms with E-state index < -0.39 is 0 Å². The molecule has 0 bridgehead atoms. The van der Waals surface area contributed by atoms with Gasteiger partial charge in [-0.2, -0.15) is 0 Å². The SMILES string of the molecule is Clc1ccc(Br)cc1C(Cl)c1cc(Br)sc1Br. The van der Waals surface area contributed by atoms with E-state index >= 15 is 0 Å². The number of halogens is 5. The summed E-state index contributed by atoms with van der Waals surface area (Å²) in [5.41, 5.74) is 1.91. The molecule has 90 valence electrons. The van der Waals surface area contributed by atoms with Gasteiger partial charge < -0.3 is 0 Å². The van der Waals surface area contributed by atoms with Gasteiger partial charge in [0.05, 0.1) is 12.9 Å². The van der Waals surface area contributed by atoms with Crippen LogP contribution in [0.3, 0.4) is 0 Å². The first-order valence-corrected chi connectivity index (χ1v) is 8.54. The fraction of sp³-hybridized carbons (Fsp3) is 0.0909. The largest absolute Gasteiger partial charge is 0.121 e. The molecule has 0 saturated carbocycles. The lowest BCUT2D eigenvalue weighted by molar-refractivity contribution is 1.14. The summed E-state index contributed by atoms with van der Waals surface area (Å²) >= 11 is 24.6. The Morgan fingerprint density at radius 3 is 2.35 bits per heavy atom. The highest BCUT2D eigenvalue weighted by Crippen LogP contribution is 2.43. The molecular formula is C11H5Br3Cl2S. The van der Waals surface area contributed by atoms with Crippen molar-refractivity contribution in [3.8, 4) is 0 Å².